The number of aryl methyl sites for hydroxylation is 1. The van der Waals surface area contributed by atoms with Gasteiger partial charge in [0.1, 0.15) is 5.82 Å². The molecule has 1 atom stereocenters. The predicted molar refractivity (Wildman–Crippen MR) is 92.3 cm³/mol. The van der Waals surface area contributed by atoms with E-state index in [1.165, 1.54) is 17.8 Å². The van der Waals surface area contributed by atoms with Crippen molar-refractivity contribution in [1.82, 2.24) is 25.1 Å². The van der Waals surface area contributed by atoms with Crippen LogP contribution in [-0.4, -0.2) is 55.6 Å². The zero-order chi connectivity index (χ0) is 16.9. The number of carbonyl (C=O) groups is 1. The molecule has 2 heterocycles. The van der Waals surface area contributed by atoms with Gasteiger partial charge in [-0.3, -0.25) is 4.79 Å². The van der Waals surface area contributed by atoms with Gasteiger partial charge in [0.15, 0.2) is 0 Å². The van der Waals surface area contributed by atoms with Gasteiger partial charge in [0.05, 0.1) is 5.75 Å². The predicted octanol–water partition coefficient (Wildman–Crippen LogP) is 2.15. The van der Waals surface area contributed by atoms with E-state index in [0.717, 1.165) is 17.7 Å². The molecule has 1 amide bonds. The molecule has 0 N–H and O–H groups in total. The number of hydrogen-bond acceptors (Lipinski definition) is 6. The van der Waals surface area contributed by atoms with E-state index in [1.54, 1.807) is 29.6 Å². The summed E-state index contributed by atoms with van der Waals surface area (Å²) in [6, 6.07) is 6.89. The Balaban J connectivity index is 1.56. The highest BCUT2D eigenvalue weighted by molar-refractivity contribution is 8.00. The fourth-order valence-electron chi connectivity index (χ4n) is 2.57. The molecule has 0 radical (unpaired) electrons. The summed E-state index contributed by atoms with van der Waals surface area (Å²) in [6.07, 6.45) is 0.757. The van der Waals surface area contributed by atoms with Crippen LogP contribution in [0.4, 0.5) is 4.39 Å². The molecule has 0 saturated carbocycles. The first kappa shape index (κ1) is 17.2. The van der Waals surface area contributed by atoms with Crippen LogP contribution in [0, 0.1) is 5.82 Å². The topological polar surface area (TPSA) is 63.9 Å². The van der Waals surface area contributed by atoms with Crippen LogP contribution in [0.25, 0.3) is 0 Å². The lowest BCUT2D eigenvalue weighted by Crippen LogP contribution is -2.34. The van der Waals surface area contributed by atoms with Gasteiger partial charge in [-0.2, -0.15) is 11.8 Å². The molecular formula is C15H18FN5OS2. The normalized spacial score (nSPS) is 18.4. The average molecular weight is 367 g/mol. The van der Waals surface area contributed by atoms with E-state index in [9.17, 15) is 9.18 Å². The average Bonchev–Trinajstić information content (AvgIpc) is 2.84. The maximum Gasteiger partial charge on any atom is 0.233 e. The van der Waals surface area contributed by atoms with E-state index in [4.69, 9.17) is 0 Å². The molecule has 3 rings (SSSR count). The maximum atomic E-state index is 14.0. The SMILES string of the molecule is Cn1nnnc1SCC(=O)N1CCSC(c2ccccc2F)CC1. The molecule has 0 spiro atoms. The smallest absolute Gasteiger partial charge is 0.233 e. The lowest BCUT2D eigenvalue weighted by molar-refractivity contribution is -0.128. The van der Waals surface area contributed by atoms with Crippen LogP contribution >= 0.6 is 23.5 Å². The molecule has 1 aliphatic heterocycles. The summed E-state index contributed by atoms with van der Waals surface area (Å²) >= 11 is 3.04. The molecule has 24 heavy (non-hydrogen) atoms. The van der Waals surface area contributed by atoms with E-state index >= 15 is 0 Å². The molecule has 1 aliphatic rings. The largest absolute Gasteiger partial charge is 0.341 e. The number of thioether (sulfide) groups is 2. The van der Waals surface area contributed by atoms with Gasteiger partial charge in [-0.15, -0.1) is 5.10 Å². The van der Waals surface area contributed by atoms with Crippen LogP contribution in [0.3, 0.4) is 0 Å². The highest BCUT2D eigenvalue weighted by Crippen LogP contribution is 2.35. The molecule has 1 aromatic heterocycles. The molecular weight excluding hydrogens is 349 g/mol. The van der Waals surface area contributed by atoms with Gasteiger partial charge >= 0.3 is 0 Å². The first-order chi connectivity index (χ1) is 11.6. The minimum atomic E-state index is -0.167. The summed E-state index contributed by atoms with van der Waals surface area (Å²) in [7, 11) is 1.74. The van der Waals surface area contributed by atoms with Gasteiger partial charge in [-0.25, -0.2) is 9.07 Å². The van der Waals surface area contributed by atoms with E-state index in [-0.39, 0.29) is 17.0 Å². The Labute approximate surface area is 148 Å². The Morgan fingerprint density at radius 3 is 3.00 bits per heavy atom. The quantitative estimate of drug-likeness (QED) is 0.772. The Kier molecular flexibility index (Phi) is 5.72. The van der Waals surface area contributed by atoms with Gasteiger partial charge in [0.25, 0.3) is 0 Å². The minimum Gasteiger partial charge on any atom is -0.341 e. The van der Waals surface area contributed by atoms with Crippen LogP contribution in [0.2, 0.25) is 0 Å². The lowest BCUT2D eigenvalue weighted by Gasteiger charge is -2.20. The van der Waals surface area contributed by atoms with Gasteiger partial charge in [0.2, 0.25) is 11.1 Å². The summed E-state index contributed by atoms with van der Waals surface area (Å²) in [5, 5.41) is 11.9. The van der Waals surface area contributed by atoms with E-state index < -0.39 is 0 Å². The number of carbonyl (C=O) groups excluding carboxylic acids is 1. The third kappa shape index (κ3) is 4.07. The molecule has 0 aliphatic carbocycles. The van der Waals surface area contributed by atoms with Crippen molar-refractivity contribution in [1.29, 1.82) is 0 Å². The summed E-state index contributed by atoms with van der Waals surface area (Å²) in [6.45, 7) is 1.33. The maximum absolute atomic E-state index is 14.0. The number of rotatable bonds is 4. The molecule has 1 fully saturated rings. The zero-order valence-electron chi connectivity index (χ0n) is 13.3. The zero-order valence-corrected chi connectivity index (χ0v) is 14.9. The highest BCUT2D eigenvalue weighted by Gasteiger charge is 2.24. The second kappa shape index (κ2) is 7.98. The van der Waals surface area contributed by atoms with Gasteiger partial charge in [0, 0.05) is 36.7 Å². The van der Waals surface area contributed by atoms with Crippen LogP contribution < -0.4 is 0 Å². The highest BCUT2D eigenvalue weighted by atomic mass is 32.2. The first-order valence-electron chi connectivity index (χ1n) is 7.64. The summed E-state index contributed by atoms with van der Waals surface area (Å²) in [5.41, 5.74) is 0.733. The summed E-state index contributed by atoms with van der Waals surface area (Å²) in [4.78, 5) is 14.3. The van der Waals surface area contributed by atoms with Crippen molar-refractivity contribution in [2.75, 3.05) is 24.6 Å². The molecule has 0 bridgehead atoms. The van der Waals surface area contributed by atoms with Crippen molar-refractivity contribution in [2.24, 2.45) is 7.05 Å². The lowest BCUT2D eigenvalue weighted by atomic mass is 10.1. The number of nitrogens with zero attached hydrogens (tertiary/aromatic N) is 5. The van der Waals surface area contributed by atoms with Crippen molar-refractivity contribution >= 4 is 29.4 Å². The van der Waals surface area contributed by atoms with Crippen LogP contribution in [-0.2, 0) is 11.8 Å². The number of hydrogen-bond donors (Lipinski definition) is 0. The number of benzene rings is 1. The first-order valence-corrected chi connectivity index (χ1v) is 9.67. The number of aromatic nitrogens is 4. The Morgan fingerprint density at radius 1 is 1.42 bits per heavy atom. The van der Waals surface area contributed by atoms with Crippen LogP contribution in [0.5, 0.6) is 0 Å². The molecule has 2 aromatic rings. The monoisotopic (exact) mass is 367 g/mol. The van der Waals surface area contributed by atoms with Crippen molar-refractivity contribution in [2.45, 2.75) is 16.8 Å². The van der Waals surface area contributed by atoms with Crippen molar-refractivity contribution in [3.05, 3.63) is 35.6 Å². The van der Waals surface area contributed by atoms with Gasteiger partial charge in [-0.1, -0.05) is 30.0 Å². The Bertz CT molecular complexity index is 711. The van der Waals surface area contributed by atoms with E-state index in [1.807, 2.05) is 17.0 Å². The number of amides is 1. The Hall–Kier alpha value is -1.61. The molecule has 1 saturated heterocycles. The van der Waals surface area contributed by atoms with Gasteiger partial charge < -0.3 is 4.90 Å². The van der Waals surface area contributed by atoms with Crippen molar-refractivity contribution in [3.8, 4) is 0 Å². The van der Waals surface area contributed by atoms with Crippen molar-refractivity contribution in [3.63, 3.8) is 0 Å². The summed E-state index contributed by atoms with van der Waals surface area (Å²) in [5.74, 6) is 1.02. The fraction of sp³-hybridized carbons (Fsp3) is 0.467. The van der Waals surface area contributed by atoms with E-state index in [0.29, 0.717) is 24.0 Å². The second-order valence-corrected chi connectivity index (χ2v) is 7.68. The van der Waals surface area contributed by atoms with Crippen LogP contribution in [0.15, 0.2) is 29.4 Å². The summed E-state index contributed by atoms with van der Waals surface area (Å²) < 4.78 is 15.5. The molecule has 9 heteroatoms. The fourth-order valence-corrected chi connectivity index (χ4v) is 4.57. The minimum absolute atomic E-state index is 0.0674. The Morgan fingerprint density at radius 2 is 2.25 bits per heavy atom. The van der Waals surface area contributed by atoms with E-state index in [2.05, 4.69) is 15.5 Å². The number of halogens is 1. The van der Waals surface area contributed by atoms with Gasteiger partial charge in [-0.05, 0) is 22.9 Å². The number of tetrazole rings is 1. The second-order valence-electron chi connectivity index (χ2n) is 5.42. The van der Waals surface area contributed by atoms with Crippen LogP contribution in [0.1, 0.15) is 17.2 Å². The third-order valence-electron chi connectivity index (χ3n) is 3.85. The molecule has 1 aromatic carbocycles. The molecule has 128 valence electrons. The molecule has 1 unspecified atom stereocenters. The third-order valence-corrected chi connectivity index (χ3v) is 6.16. The standard InChI is InChI=1S/C15H18FN5OS2/c1-20-15(17-18-19-20)24-10-14(22)21-7-6-13(23-9-8-21)11-4-2-3-5-12(11)16/h2-5,13H,6-10H2,1H3. The van der Waals surface area contributed by atoms with Crippen molar-refractivity contribution < 1.29 is 9.18 Å². The molecule has 6 nitrogen and oxygen atoms in total.